The lowest BCUT2D eigenvalue weighted by Crippen LogP contribution is -2.19. The van der Waals surface area contributed by atoms with Crippen molar-refractivity contribution in [2.45, 2.75) is 111 Å². The van der Waals surface area contributed by atoms with Crippen molar-refractivity contribution in [3.63, 3.8) is 0 Å². The maximum atomic E-state index is 5.10. The van der Waals surface area contributed by atoms with E-state index in [1.54, 1.807) is 0 Å². The molecule has 0 fully saturated rings. The molecule has 0 spiro atoms. The molecule has 1 rings (SSSR count). The van der Waals surface area contributed by atoms with Crippen LogP contribution >= 0.6 is 0 Å². The van der Waals surface area contributed by atoms with E-state index in [0.29, 0.717) is 11.8 Å². The third kappa shape index (κ3) is 4.86. The lowest BCUT2D eigenvalue weighted by Gasteiger charge is -2.21. The van der Waals surface area contributed by atoms with E-state index in [1.165, 1.54) is 62.2 Å². The van der Waals surface area contributed by atoms with Crippen molar-refractivity contribution < 1.29 is 0 Å². The topological polar surface area (TPSA) is 28.7 Å². The number of aromatic nitrogens is 2. The first-order chi connectivity index (χ1) is 10.4. The molecule has 0 amide bonds. The molecule has 128 valence electrons. The maximum Gasteiger partial charge on any atom is 0.112 e. The minimum Gasteiger partial charge on any atom is -0.345 e. The number of aromatic amines is 1. The summed E-state index contributed by atoms with van der Waals surface area (Å²) in [6.07, 6.45) is 8.66. The summed E-state index contributed by atoms with van der Waals surface area (Å²) in [4.78, 5) is 8.84. The Morgan fingerprint density at radius 3 is 2.09 bits per heavy atom. The van der Waals surface area contributed by atoms with Crippen LogP contribution in [0.2, 0.25) is 0 Å². The van der Waals surface area contributed by atoms with E-state index >= 15 is 0 Å². The smallest absolute Gasteiger partial charge is 0.112 e. The molecule has 0 bridgehead atoms. The number of imidazole rings is 1. The first-order valence-electron chi connectivity index (χ1n) is 9.47. The van der Waals surface area contributed by atoms with Gasteiger partial charge in [-0.3, -0.25) is 0 Å². The minimum atomic E-state index is 0.154. The predicted molar refractivity (Wildman–Crippen MR) is 97.8 cm³/mol. The average Bonchev–Trinajstić information content (AvgIpc) is 2.92. The van der Waals surface area contributed by atoms with E-state index in [4.69, 9.17) is 4.98 Å². The molecule has 0 aromatic carbocycles. The molecule has 1 aromatic heterocycles. The zero-order valence-electron chi connectivity index (χ0n) is 16.1. The van der Waals surface area contributed by atoms with Crippen molar-refractivity contribution in [3.8, 4) is 0 Å². The third-order valence-electron chi connectivity index (χ3n) is 4.96. The van der Waals surface area contributed by atoms with Crippen LogP contribution in [0.25, 0.3) is 0 Å². The zero-order chi connectivity index (χ0) is 16.8. The van der Waals surface area contributed by atoms with Crippen LogP contribution in [0.3, 0.4) is 0 Å². The first kappa shape index (κ1) is 19.3. The SMILES string of the molecule is CCCCC(C)(C)c1nc(C(C)CCC)c(C(C)CCC)[nH]1. The summed E-state index contributed by atoms with van der Waals surface area (Å²) in [7, 11) is 0. The largest absolute Gasteiger partial charge is 0.345 e. The molecule has 0 aliphatic carbocycles. The lowest BCUT2D eigenvalue weighted by molar-refractivity contribution is 0.433. The Labute approximate surface area is 138 Å². The number of nitrogens with one attached hydrogen (secondary N) is 1. The van der Waals surface area contributed by atoms with Gasteiger partial charge in [0.05, 0.1) is 5.69 Å². The summed E-state index contributed by atoms with van der Waals surface area (Å²) in [5.74, 6) is 2.35. The number of hydrogen-bond donors (Lipinski definition) is 1. The van der Waals surface area contributed by atoms with Crippen LogP contribution < -0.4 is 0 Å². The molecule has 2 heteroatoms. The summed E-state index contributed by atoms with van der Waals surface area (Å²) in [5.41, 5.74) is 2.89. The number of nitrogens with zero attached hydrogens (tertiary/aromatic N) is 1. The van der Waals surface area contributed by atoms with Gasteiger partial charge in [0.15, 0.2) is 0 Å². The fourth-order valence-electron chi connectivity index (χ4n) is 3.36. The second-order valence-electron chi connectivity index (χ2n) is 7.75. The summed E-state index contributed by atoms with van der Waals surface area (Å²) in [5, 5.41) is 0. The summed E-state index contributed by atoms with van der Waals surface area (Å²) in [6, 6.07) is 0. The molecule has 1 N–H and O–H groups in total. The van der Waals surface area contributed by atoms with E-state index in [1.807, 2.05) is 0 Å². The van der Waals surface area contributed by atoms with E-state index < -0.39 is 0 Å². The van der Waals surface area contributed by atoms with Crippen molar-refractivity contribution in [2.75, 3.05) is 0 Å². The lowest BCUT2D eigenvalue weighted by atomic mass is 9.86. The van der Waals surface area contributed by atoms with E-state index in [2.05, 4.69) is 53.5 Å². The fourth-order valence-corrected chi connectivity index (χ4v) is 3.36. The average molecular weight is 307 g/mol. The molecule has 0 aliphatic rings. The second kappa shape index (κ2) is 8.74. The molecule has 2 nitrogen and oxygen atoms in total. The zero-order valence-corrected chi connectivity index (χ0v) is 16.1. The van der Waals surface area contributed by atoms with E-state index in [-0.39, 0.29) is 5.41 Å². The molecule has 1 aromatic rings. The second-order valence-corrected chi connectivity index (χ2v) is 7.75. The Hall–Kier alpha value is -0.790. The highest BCUT2D eigenvalue weighted by Crippen LogP contribution is 2.34. The molecule has 2 atom stereocenters. The molecular formula is C20H38N2. The summed E-state index contributed by atoms with van der Waals surface area (Å²) in [6.45, 7) is 16.2. The molecule has 0 saturated heterocycles. The fraction of sp³-hybridized carbons (Fsp3) is 0.850. The van der Waals surface area contributed by atoms with Gasteiger partial charge >= 0.3 is 0 Å². The van der Waals surface area contributed by atoms with Gasteiger partial charge in [0.1, 0.15) is 5.82 Å². The highest BCUT2D eigenvalue weighted by atomic mass is 15.0. The molecule has 22 heavy (non-hydrogen) atoms. The highest BCUT2D eigenvalue weighted by Gasteiger charge is 2.28. The monoisotopic (exact) mass is 306 g/mol. The van der Waals surface area contributed by atoms with Gasteiger partial charge in [-0.15, -0.1) is 0 Å². The van der Waals surface area contributed by atoms with E-state index in [0.717, 1.165) is 0 Å². The van der Waals surface area contributed by atoms with Crippen LogP contribution in [0.1, 0.15) is 122 Å². The number of H-pyrrole nitrogens is 1. The van der Waals surface area contributed by atoms with Gasteiger partial charge in [-0.25, -0.2) is 4.98 Å². The van der Waals surface area contributed by atoms with Crippen LogP contribution in [-0.2, 0) is 5.41 Å². The highest BCUT2D eigenvalue weighted by molar-refractivity contribution is 5.25. The Morgan fingerprint density at radius 1 is 0.955 bits per heavy atom. The van der Waals surface area contributed by atoms with Gasteiger partial charge in [-0.05, 0) is 25.2 Å². The van der Waals surface area contributed by atoms with Gasteiger partial charge < -0.3 is 4.98 Å². The maximum absolute atomic E-state index is 5.10. The summed E-state index contributed by atoms with van der Waals surface area (Å²) < 4.78 is 0. The van der Waals surface area contributed by atoms with Crippen molar-refractivity contribution >= 4 is 0 Å². The minimum absolute atomic E-state index is 0.154. The van der Waals surface area contributed by atoms with Gasteiger partial charge in [-0.2, -0.15) is 0 Å². The van der Waals surface area contributed by atoms with Gasteiger partial charge in [-0.1, -0.05) is 74.1 Å². The summed E-state index contributed by atoms with van der Waals surface area (Å²) >= 11 is 0. The molecule has 0 saturated carbocycles. The third-order valence-corrected chi connectivity index (χ3v) is 4.96. The van der Waals surface area contributed by atoms with E-state index in [9.17, 15) is 0 Å². The Kier molecular flexibility index (Phi) is 7.65. The van der Waals surface area contributed by atoms with Crippen LogP contribution in [-0.4, -0.2) is 9.97 Å². The van der Waals surface area contributed by atoms with Gasteiger partial charge in [0.2, 0.25) is 0 Å². The standard InChI is InChI=1S/C20H38N2/c1-8-11-14-20(6,7)19-21-17(15(4)12-9-2)18(22-19)16(5)13-10-3/h15-16H,8-14H2,1-7H3,(H,21,22). The number of unbranched alkanes of at least 4 members (excludes halogenated alkanes) is 1. The van der Waals surface area contributed by atoms with Crippen molar-refractivity contribution in [3.05, 3.63) is 17.2 Å². The van der Waals surface area contributed by atoms with Crippen molar-refractivity contribution in [1.29, 1.82) is 0 Å². The van der Waals surface area contributed by atoms with Crippen molar-refractivity contribution in [2.24, 2.45) is 0 Å². The quantitative estimate of drug-likeness (QED) is 0.513. The van der Waals surface area contributed by atoms with Crippen molar-refractivity contribution in [1.82, 2.24) is 9.97 Å². The molecule has 0 radical (unpaired) electrons. The predicted octanol–water partition coefficient (Wildman–Crippen LogP) is 6.68. The van der Waals surface area contributed by atoms with Gasteiger partial charge in [0, 0.05) is 17.0 Å². The molecule has 2 unspecified atom stereocenters. The van der Waals surface area contributed by atoms with Crippen LogP contribution in [0.5, 0.6) is 0 Å². The Bertz CT molecular complexity index is 401. The Morgan fingerprint density at radius 2 is 1.55 bits per heavy atom. The first-order valence-corrected chi connectivity index (χ1v) is 9.47. The van der Waals surface area contributed by atoms with Crippen LogP contribution in [0.4, 0.5) is 0 Å². The van der Waals surface area contributed by atoms with Crippen LogP contribution in [0.15, 0.2) is 0 Å². The Balaban J connectivity index is 3.13. The molecular weight excluding hydrogens is 268 g/mol. The van der Waals surface area contributed by atoms with Gasteiger partial charge in [0.25, 0.3) is 0 Å². The molecule has 1 heterocycles. The number of hydrogen-bond acceptors (Lipinski definition) is 1. The molecule has 0 aliphatic heterocycles. The number of rotatable bonds is 10. The normalized spacial score (nSPS) is 15.0. The van der Waals surface area contributed by atoms with Crippen LogP contribution in [0, 0.1) is 0 Å².